The monoisotopic (exact) mass is 490 g/mol. The first-order chi connectivity index (χ1) is 16.4. The van der Waals surface area contributed by atoms with Gasteiger partial charge in [0.05, 0.1) is 24.7 Å². The fraction of sp³-hybridized carbons (Fsp3) is 0.423. The zero-order valence-electron chi connectivity index (χ0n) is 19.8. The topological polar surface area (TPSA) is 93.0 Å². The number of amides is 1. The van der Waals surface area contributed by atoms with Crippen LogP contribution in [0.3, 0.4) is 0 Å². The minimum Gasteiger partial charge on any atom is -0.395 e. The summed E-state index contributed by atoms with van der Waals surface area (Å²) in [7, 11) is 0. The number of carbonyl (C=O) groups excluding carboxylic acids is 1. The van der Waals surface area contributed by atoms with Gasteiger partial charge in [0.1, 0.15) is 0 Å². The molecule has 1 saturated carbocycles. The molecule has 3 aromatic rings. The fourth-order valence-corrected chi connectivity index (χ4v) is 4.70. The highest BCUT2D eigenvalue weighted by Crippen LogP contribution is 2.52. The number of nitrogens with one attached hydrogen (secondary N) is 1. The molecule has 2 aliphatic rings. The third kappa shape index (κ3) is 4.23. The molecule has 2 heterocycles. The molecule has 0 radical (unpaired) electrons. The number of ether oxygens (including phenoxy) is 2. The van der Waals surface area contributed by atoms with E-state index in [0.29, 0.717) is 24.1 Å². The number of aliphatic hydroxyl groups is 2. The van der Waals surface area contributed by atoms with Gasteiger partial charge in [-0.25, -0.2) is 0 Å². The van der Waals surface area contributed by atoms with Crippen molar-refractivity contribution in [1.29, 1.82) is 0 Å². The van der Waals surface area contributed by atoms with E-state index < -0.39 is 17.8 Å². The van der Waals surface area contributed by atoms with E-state index in [9.17, 15) is 23.8 Å². The summed E-state index contributed by atoms with van der Waals surface area (Å²) in [6.45, 7) is 6.14. The quantitative estimate of drug-likeness (QED) is 0.463. The van der Waals surface area contributed by atoms with Gasteiger partial charge >= 0.3 is 6.29 Å². The molecule has 1 aromatic heterocycles. The first kappa shape index (κ1) is 23.6. The molecule has 3 N–H and O–H groups in total. The van der Waals surface area contributed by atoms with Gasteiger partial charge < -0.3 is 29.6 Å². The third-order valence-corrected chi connectivity index (χ3v) is 6.67. The van der Waals surface area contributed by atoms with E-state index in [1.54, 1.807) is 12.1 Å². The van der Waals surface area contributed by atoms with E-state index >= 15 is 0 Å². The second kappa shape index (κ2) is 7.93. The van der Waals surface area contributed by atoms with Gasteiger partial charge in [-0.05, 0) is 54.8 Å². The Labute approximate surface area is 204 Å². The smallest absolute Gasteiger partial charge is 0.395 e. The second-order valence-electron chi connectivity index (χ2n) is 10.4. The van der Waals surface area contributed by atoms with Crippen molar-refractivity contribution in [1.82, 2.24) is 4.57 Å². The third-order valence-electron chi connectivity index (χ3n) is 6.67. The van der Waals surface area contributed by atoms with Crippen LogP contribution < -0.4 is 14.8 Å². The molecule has 2 aromatic carbocycles. The standard InChI is InChI=1S/C26H28F2N2O5.2H2/c1-24(2,3)22-11-15-10-17(5-6-19(15)30(22)13-18(32)14-31)29-23(33)25(8-9-25)16-4-7-20-21(12-16)35-26(27,28)34-20;;/h4-7,10-12,18,31-32H,8-9,13-14H2,1-3H3,(H,29,33);2*1H/t18-;;/m1../s1. The van der Waals surface area contributed by atoms with Crippen LogP contribution in [0, 0.1) is 0 Å². The van der Waals surface area contributed by atoms with Gasteiger partial charge in [0.15, 0.2) is 11.5 Å². The first-order valence-electron chi connectivity index (χ1n) is 11.6. The lowest BCUT2D eigenvalue weighted by molar-refractivity contribution is -0.286. The highest BCUT2D eigenvalue weighted by molar-refractivity contribution is 6.02. The van der Waals surface area contributed by atoms with Gasteiger partial charge in [-0.15, -0.1) is 8.78 Å². The minimum absolute atomic E-state index is 0. The molecule has 1 fully saturated rings. The Kier molecular flexibility index (Phi) is 5.34. The Bertz CT molecular complexity index is 1320. The number of hydrogen-bond donors (Lipinski definition) is 3. The van der Waals surface area contributed by atoms with Crippen LogP contribution in [-0.2, 0) is 22.2 Å². The van der Waals surface area contributed by atoms with Crippen LogP contribution in [0.15, 0.2) is 42.5 Å². The number of anilines is 1. The van der Waals surface area contributed by atoms with E-state index in [1.165, 1.54) is 12.1 Å². The average molecular weight is 491 g/mol. The predicted molar refractivity (Wildman–Crippen MR) is 130 cm³/mol. The number of halogens is 2. The fourth-order valence-electron chi connectivity index (χ4n) is 4.70. The maximum absolute atomic E-state index is 13.4. The van der Waals surface area contributed by atoms with E-state index in [4.69, 9.17) is 0 Å². The molecule has 1 atom stereocenters. The van der Waals surface area contributed by atoms with Crippen LogP contribution in [0.4, 0.5) is 14.5 Å². The first-order valence-corrected chi connectivity index (χ1v) is 11.6. The molecular weight excluding hydrogens is 458 g/mol. The summed E-state index contributed by atoms with van der Waals surface area (Å²) in [5, 5.41) is 23.3. The van der Waals surface area contributed by atoms with Gasteiger partial charge in [-0.2, -0.15) is 0 Å². The van der Waals surface area contributed by atoms with Gasteiger partial charge in [0.2, 0.25) is 5.91 Å². The number of benzene rings is 2. The zero-order chi connectivity index (χ0) is 25.2. The maximum Gasteiger partial charge on any atom is 0.586 e. The number of hydrogen-bond acceptors (Lipinski definition) is 5. The Hall–Kier alpha value is -3.17. The van der Waals surface area contributed by atoms with E-state index in [0.717, 1.165) is 16.6 Å². The van der Waals surface area contributed by atoms with Crippen molar-refractivity contribution in [3.05, 3.63) is 53.7 Å². The van der Waals surface area contributed by atoms with Gasteiger partial charge in [-0.1, -0.05) is 26.8 Å². The van der Waals surface area contributed by atoms with Crippen LogP contribution in [0.1, 0.15) is 47.7 Å². The van der Waals surface area contributed by atoms with Crippen LogP contribution in [0.25, 0.3) is 10.9 Å². The van der Waals surface area contributed by atoms with Gasteiger partial charge in [-0.3, -0.25) is 4.79 Å². The second-order valence-corrected chi connectivity index (χ2v) is 10.4. The minimum atomic E-state index is -3.70. The van der Waals surface area contributed by atoms with E-state index in [2.05, 4.69) is 35.6 Å². The maximum atomic E-state index is 13.4. The summed E-state index contributed by atoms with van der Waals surface area (Å²) in [6, 6.07) is 12.1. The van der Waals surface area contributed by atoms with E-state index in [-0.39, 0.29) is 38.8 Å². The van der Waals surface area contributed by atoms with Crippen molar-refractivity contribution in [3.8, 4) is 11.5 Å². The molecule has 0 unspecified atom stereocenters. The number of alkyl halides is 2. The summed E-state index contributed by atoms with van der Waals surface area (Å²) >= 11 is 0. The summed E-state index contributed by atoms with van der Waals surface area (Å²) in [5.74, 6) is -0.339. The van der Waals surface area contributed by atoms with Crippen molar-refractivity contribution in [2.45, 2.75) is 63.4 Å². The molecule has 7 nitrogen and oxygen atoms in total. The molecule has 35 heavy (non-hydrogen) atoms. The average Bonchev–Trinajstić information content (AvgIpc) is 3.42. The molecular formula is C26H32F2N2O5. The lowest BCUT2D eigenvalue weighted by atomic mass is 9.92. The van der Waals surface area contributed by atoms with Crippen LogP contribution in [-0.4, -0.2) is 39.7 Å². The molecule has 1 aliphatic heterocycles. The van der Waals surface area contributed by atoms with Crippen molar-refractivity contribution in [2.24, 2.45) is 0 Å². The number of nitrogens with zero attached hydrogens (tertiary/aromatic N) is 1. The molecule has 0 bridgehead atoms. The lowest BCUT2D eigenvalue weighted by Gasteiger charge is -2.23. The predicted octanol–water partition coefficient (Wildman–Crippen LogP) is 4.78. The van der Waals surface area contributed by atoms with Gasteiger partial charge in [0.25, 0.3) is 0 Å². The molecule has 1 aliphatic carbocycles. The molecule has 190 valence electrons. The van der Waals surface area contributed by atoms with Crippen molar-refractivity contribution >= 4 is 22.5 Å². The highest BCUT2D eigenvalue weighted by Gasteiger charge is 2.52. The molecule has 0 saturated heterocycles. The van der Waals surface area contributed by atoms with Crippen LogP contribution in [0.2, 0.25) is 0 Å². The van der Waals surface area contributed by atoms with Crippen LogP contribution >= 0.6 is 0 Å². The normalized spacial score (nSPS) is 18.5. The number of aromatic nitrogens is 1. The summed E-state index contributed by atoms with van der Waals surface area (Å²) in [4.78, 5) is 13.3. The van der Waals surface area contributed by atoms with Crippen molar-refractivity contribution in [2.75, 3.05) is 11.9 Å². The van der Waals surface area contributed by atoms with Crippen LogP contribution in [0.5, 0.6) is 11.5 Å². The number of carbonyl (C=O) groups is 1. The Balaban J connectivity index is 0.00000190. The number of rotatable bonds is 6. The Morgan fingerprint density at radius 3 is 2.51 bits per heavy atom. The summed E-state index contributed by atoms with van der Waals surface area (Å²) in [6.07, 6.45) is -3.39. The van der Waals surface area contributed by atoms with Crippen molar-refractivity contribution < 1.29 is 36.1 Å². The Morgan fingerprint density at radius 2 is 1.86 bits per heavy atom. The van der Waals surface area contributed by atoms with E-state index in [1.807, 2.05) is 22.8 Å². The summed E-state index contributed by atoms with van der Waals surface area (Å²) in [5.41, 5.74) is 2.10. The number of fused-ring (bicyclic) bond motifs is 2. The Morgan fingerprint density at radius 1 is 1.14 bits per heavy atom. The molecule has 9 heteroatoms. The van der Waals surface area contributed by atoms with Gasteiger partial charge in [0, 0.05) is 30.6 Å². The summed E-state index contributed by atoms with van der Waals surface area (Å²) < 4.78 is 37.8. The zero-order valence-corrected chi connectivity index (χ0v) is 19.8. The molecule has 1 amide bonds. The highest BCUT2D eigenvalue weighted by atomic mass is 19.3. The lowest BCUT2D eigenvalue weighted by Crippen LogP contribution is -2.28. The van der Waals surface area contributed by atoms with Crippen molar-refractivity contribution in [3.63, 3.8) is 0 Å². The number of aliphatic hydroxyl groups excluding tert-OH is 2. The molecule has 5 rings (SSSR count). The SMILES string of the molecule is CC(C)(C)c1cc2cc(NC(=O)C3(c4ccc5c(c4)OC(F)(F)O5)CC3)ccc2n1C[C@@H](O)CO.[HH].[HH]. The largest absolute Gasteiger partial charge is 0.586 e. The molecule has 0 spiro atoms.